The van der Waals surface area contributed by atoms with Crippen molar-refractivity contribution in [2.45, 2.75) is 45.4 Å². The third kappa shape index (κ3) is 0.570. The number of hydrogen-bond donors (Lipinski definition) is 0. The predicted octanol–water partition coefficient (Wildman–Crippen LogP) is 3.78. The summed E-state index contributed by atoms with van der Waals surface area (Å²) in [6.45, 7) is 6.92. The molecule has 0 amide bonds. The Hall–Kier alpha value is -0.260. The van der Waals surface area contributed by atoms with Crippen LogP contribution in [0.2, 0.25) is 0 Å². The topological polar surface area (TPSA) is 0 Å². The summed E-state index contributed by atoms with van der Waals surface area (Å²) in [6, 6.07) is 0. The lowest BCUT2D eigenvalue weighted by Crippen LogP contribution is -2.24. The van der Waals surface area contributed by atoms with Gasteiger partial charge in [-0.1, -0.05) is 19.1 Å². The van der Waals surface area contributed by atoms with Crippen molar-refractivity contribution >= 4 is 0 Å². The predicted molar refractivity (Wildman–Crippen MR) is 57.9 cm³/mol. The van der Waals surface area contributed by atoms with Gasteiger partial charge in [0.05, 0.1) is 0 Å². The monoisotopic (exact) mass is 188 g/mol. The van der Waals surface area contributed by atoms with Gasteiger partial charge in [-0.2, -0.15) is 0 Å². The van der Waals surface area contributed by atoms with Crippen molar-refractivity contribution < 1.29 is 0 Å². The Bertz CT molecular complexity index is 329. The van der Waals surface area contributed by atoms with E-state index in [1.165, 1.54) is 32.1 Å². The van der Waals surface area contributed by atoms with E-state index < -0.39 is 0 Å². The van der Waals surface area contributed by atoms with Crippen molar-refractivity contribution in [1.82, 2.24) is 0 Å². The SMILES string of the molecule is C=C1CCC2CC12C12CC1CCC2C. The molecule has 0 spiro atoms. The molecule has 0 aromatic heterocycles. The van der Waals surface area contributed by atoms with Gasteiger partial charge in [-0.05, 0) is 61.7 Å². The Morgan fingerprint density at radius 3 is 2.43 bits per heavy atom. The minimum absolute atomic E-state index is 0.688. The van der Waals surface area contributed by atoms with Gasteiger partial charge in [0.15, 0.2) is 0 Å². The van der Waals surface area contributed by atoms with Crippen LogP contribution >= 0.6 is 0 Å². The summed E-state index contributed by atoms with van der Waals surface area (Å²) in [4.78, 5) is 0. The third-order valence-corrected chi connectivity index (χ3v) is 6.34. The van der Waals surface area contributed by atoms with Gasteiger partial charge in [-0.15, -0.1) is 0 Å². The molecule has 0 radical (unpaired) electrons. The quantitative estimate of drug-likeness (QED) is 0.549. The molecule has 0 nitrogen and oxygen atoms in total. The summed E-state index contributed by atoms with van der Waals surface area (Å²) in [5.41, 5.74) is 3.12. The number of allylic oxidation sites excluding steroid dienone is 1. The van der Waals surface area contributed by atoms with E-state index in [1.807, 2.05) is 0 Å². The second kappa shape index (κ2) is 1.99. The first-order valence-corrected chi connectivity index (χ1v) is 6.40. The molecule has 0 N–H and O–H groups in total. The van der Waals surface area contributed by atoms with E-state index in [4.69, 9.17) is 0 Å². The number of fused-ring (bicyclic) bond motifs is 3. The Morgan fingerprint density at radius 1 is 1.14 bits per heavy atom. The van der Waals surface area contributed by atoms with E-state index in [0.717, 1.165) is 23.2 Å². The van der Waals surface area contributed by atoms with Crippen molar-refractivity contribution in [1.29, 1.82) is 0 Å². The highest BCUT2D eigenvalue weighted by atomic mass is 14.8. The Morgan fingerprint density at radius 2 is 2.00 bits per heavy atom. The summed E-state index contributed by atoms with van der Waals surface area (Å²) in [5, 5.41) is 0. The maximum atomic E-state index is 4.40. The van der Waals surface area contributed by atoms with Gasteiger partial charge in [0.2, 0.25) is 0 Å². The van der Waals surface area contributed by atoms with Crippen LogP contribution in [0.3, 0.4) is 0 Å². The van der Waals surface area contributed by atoms with Crippen molar-refractivity contribution in [2.75, 3.05) is 0 Å². The smallest absolute Gasteiger partial charge is 0.000250 e. The van der Waals surface area contributed by atoms with Crippen LogP contribution in [0.5, 0.6) is 0 Å². The first-order valence-electron chi connectivity index (χ1n) is 6.40. The van der Waals surface area contributed by atoms with E-state index in [9.17, 15) is 0 Å². The van der Waals surface area contributed by atoms with Crippen molar-refractivity contribution in [2.24, 2.45) is 28.6 Å². The highest BCUT2D eigenvalue weighted by Crippen LogP contribution is 2.87. The fraction of sp³-hybridized carbons (Fsp3) is 0.857. The van der Waals surface area contributed by atoms with Gasteiger partial charge >= 0.3 is 0 Å². The van der Waals surface area contributed by atoms with Crippen LogP contribution in [-0.4, -0.2) is 0 Å². The second-order valence-corrected chi connectivity index (χ2v) is 6.43. The molecule has 4 rings (SSSR count). The summed E-state index contributed by atoms with van der Waals surface area (Å²) >= 11 is 0. The van der Waals surface area contributed by atoms with Crippen molar-refractivity contribution in [3.63, 3.8) is 0 Å². The lowest BCUT2D eigenvalue weighted by atomic mass is 9.73. The highest BCUT2D eigenvalue weighted by Gasteiger charge is 2.80. The first kappa shape index (κ1) is 7.96. The average Bonchev–Trinajstić information content (AvgIpc) is 3.03. The summed E-state index contributed by atoms with van der Waals surface area (Å²) in [6.07, 6.45) is 8.94. The van der Waals surface area contributed by atoms with Gasteiger partial charge < -0.3 is 0 Å². The van der Waals surface area contributed by atoms with Gasteiger partial charge in [0.1, 0.15) is 0 Å². The van der Waals surface area contributed by atoms with E-state index in [-0.39, 0.29) is 0 Å². The highest BCUT2D eigenvalue weighted by molar-refractivity contribution is 5.39. The maximum Gasteiger partial charge on any atom is 0.000250 e. The summed E-state index contributed by atoms with van der Waals surface area (Å²) in [7, 11) is 0. The maximum absolute atomic E-state index is 4.40. The van der Waals surface area contributed by atoms with E-state index in [2.05, 4.69) is 13.5 Å². The lowest BCUT2D eigenvalue weighted by molar-refractivity contribution is 0.228. The third-order valence-electron chi connectivity index (χ3n) is 6.34. The largest absolute Gasteiger partial charge is 0.0993 e. The zero-order valence-corrected chi connectivity index (χ0v) is 9.18. The second-order valence-electron chi connectivity index (χ2n) is 6.43. The minimum Gasteiger partial charge on any atom is -0.0993 e. The number of rotatable bonds is 1. The van der Waals surface area contributed by atoms with Crippen LogP contribution in [0.1, 0.15) is 45.4 Å². The molecule has 5 atom stereocenters. The van der Waals surface area contributed by atoms with Crippen LogP contribution < -0.4 is 0 Å². The average molecular weight is 188 g/mol. The van der Waals surface area contributed by atoms with Crippen LogP contribution in [0, 0.1) is 28.6 Å². The summed E-state index contributed by atoms with van der Waals surface area (Å²) < 4.78 is 0. The van der Waals surface area contributed by atoms with Crippen LogP contribution in [0.25, 0.3) is 0 Å². The molecule has 4 fully saturated rings. The molecule has 76 valence electrons. The van der Waals surface area contributed by atoms with Crippen LogP contribution in [0.15, 0.2) is 12.2 Å². The molecule has 4 aliphatic rings. The van der Waals surface area contributed by atoms with Gasteiger partial charge in [-0.25, -0.2) is 0 Å². The first-order chi connectivity index (χ1) is 6.72. The summed E-state index contributed by atoms with van der Waals surface area (Å²) in [5.74, 6) is 3.19. The standard InChI is InChI=1S/C14H20/c1-9-3-5-11-7-13(9,11)14-8-12(14)6-4-10(14)2/h10-12H,1,3-8H2,2H3. The van der Waals surface area contributed by atoms with Crippen molar-refractivity contribution in [3.8, 4) is 0 Å². The van der Waals surface area contributed by atoms with Crippen LogP contribution in [0.4, 0.5) is 0 Å². The van der Waals surface area contributed by atoms with Gasteiger partial charge in [0, 0.05) is 5.41 Å². The van der Waals surface area contributed by atoms with Crippen molar-refractivity contribution in [3.05, 3.63) is 12.2 Å². The molecule has 0 aromatic rings. The number of hydrogen-bond acceptors (Lipinski definition) is 0. The molecule has 4 aliphatic carbocycles. The molecule has 0 bridgehead atoms. The molecule has 0 heterocycles. The van der Waals surface area contributed by atoms with Crippen LogP contribution in [-0.2, 0) is 0 Å². The fourth-order valence-corrected chi connectivity index (χ4v) is 5.59. The Kier molecular flexibility index (Phi) is 1.13. The lowest BCUT2D eigenvalue weighted by Gasteiger charge is -2.30. The van der Waals surface area contributed by atoms with E-state index >= 15 is 0 Å². The fourth-order valence-electron chi connectivity index (χ4n) is 5.59. The molecular weight excluding hydrogens is 168 g/mol. The normalized spacial score (nSPS) is 63.8. The zero-order valence-electron chi connectivity index (χ0n) is 9.18. The molecular formula is C14H20. The molecule has 0 aromatic carbocycles. The molecule has 4 saturated carbocycles. The molecule has 14 heavy (non-hydrogen) atoms. The zero-order chi connectivity index (χ0) is 9.55. The molecule has 0 saturated heterocycles. The van der Waals surface area contributed by atoms with Gasteiger partial charge in [-0.3, -0.25) is 0 Å². The molecule has 0 heteroatoms. The molecule has 0 aliphatic heterocycles. The van der Waals surface area contributed by atoms with E-state index in [0.29, 0.717) is 5.41 Å². The minimum atomic E-state index is 0.688. The molecule has 5 unspecified atom stereocenters. The van der Waals surface area contributed by atoms with Gasteiger partial charge in [0.25, 0.3) is 0 Å². The van der Waals surface area contributed by atoms with E-state index in [1.54, 1.807) is 12.0 Å². The Labute approximate surface area is 86.8 Å². The Balaban J connectivity index is 1.80.